The van der Waals surface area contributed by atoms with Crippen LogP contribution in [0.4, 0.5) is 5.69 Å². The fraction of sp³-hybridized carbons (Fsp3) is 0.333. The summed E-state index contributed by atoms with van der Waals surface area (Å²) in [6.07, 6.45) is 1.40. The highest BCUT2D eigenvalue weighted by Gasteiger charge is 2.21. The minimum Gasteiger partial charge on any atom is -0.490 e. The number of ether oxygens (including phenoxy) is 2. The van der Waals surface area contributed by atoms with Crippen molar-refractivity contribution >= 4 is 29.2 Å². The van der Waals surface area contributed by atoms with E-state index in [0.717, 1.165) is 0 Å². The summed E-state index contributed by atoms with van der Waals surface area (Å²) in [5.41, 5.74) is 2.85. The zero-order valence-corrected chi connectivity index (χ0v) is 12.7. The van der Waals surface area contributed by atoms with E-state index in [0.29, 0.717) is 17.3 Å². The molecule has 0 aromatic heterocycles. The van der Waals surface area contributed by atoms with Gasteiger partial charge in [-0.2, -0.15) is 5.10 Å². The molecule has 0 amide bonds. The first-order valence-electron chi connectivity index (χ1n) is 6.03. The summed E-state index contributed by atoms with van der Waals surface area (Å²) in [5, 5.41) is 18.0. The minimum absolute atomic E-state index is 0.0812. The predicted molar refractivity (Wildman–Crippen MR) is 83.2 cm³/mol. The summed E-state index contributed by atoms with van der Waals surface area (Å²) in [4.78, 5) is 10.6. The van der Waals surface area contributed by atoms with Crippen LogP contribution in [-0.2, 0) is 0 Å². The number of nitro benzene ring substituents is 1. The highest BCUT2D eigenvalue weighted by molar-refractivity contribution is 7.80. The van der Waals surface area contributed by atoms with Crippen LogP contribution in [-0.4, -0.2) is 37.0 Å². The zero-order valence-electron chi connectivity index (χ0n) is 11.9. The molecule has 0 spiro atoms. The van der Waals surface area contributed by atoms with E-state index in [9.17, 15) is 10.1 Å². The number of nitro groups is 1. The van der Waals surface area contributed by atoms with Crippen LogP contribution in [0.15, 0.2) is 17.2 Å². The average molecular weight is 312 g/mol. The molecule has 0 fully saturated rings. The van der Waals surface area contributed by atoms with E-state index in [1.807, 2.05) is 0 Å². The molecule has 9 heteroatoms. The maximum absolute atomic E-state index is 11.1. The average Bonchev–Trinajstić information content (AvgIpc) is 2.46. The van der Waals surface area contributed by atoms with Gasteiger partial charge in [0.05, 0.1) is 24.9 Å². The van der Waals surface area contributed by atoms with Gasteiger partial charge < -0.3 is 14.8 Å². The molecule has 0 bridgehead atoms. The first kappa shape index (κ1) is 16.6. The van der Waals surface area contributed by atoms with Crippen LogP contribution in [0.25, 0.3) is 0 Å². The molecule has 0 atom stereocenters. The lowest BCUT2D eigenvalue weighted by Gasteiger charge is -2.10. The number of benzene rings is 1. The Morgan fingerprint density at radius 3 is 2.81 bits per heavy atom. The van der Waals surface area contributed by atoms with E-state index in [2.05, 4.69) is 15.8 Å². The molecule has 1 aromatic rings. The van der Waals surface area contributed by atoms with Gasteiger partial charge in [-0.25, -0.2) is 0 Å². The molecule has 21 heavy (non-hydrogen) atoms. The fourth-order valence-electron chi connectivity index (χ4n) is 1.51. The van der Waals surface area contributed by atoms with Gasteiger partial charge in [0.1, 0.15) is 0 Å². The molecule has 2 N–H and O–H groups in total. The standard InChI is InChI=1S/C12H16N4O4S/c1-4-20-10-6-8(7-14-15-12(21)13-2)5-9(16(17)18)11(10)19-3/h5-7H,4H2,1-3H3,(H2,13,15,21)/b14-7+. The quantitative estimate of drug-likeness (QED) is 0.355. The van der Waals surface area contributed by atoms with E-state index in [4.69, 9.17) is 21.7 Å². The van der Waals surface area contributed by atoms with Crippen molar-refractivity contribution in [3.63, 3.8) is 0 Å². The Bertz CT molecular complexity index is 562. The van der Waals surface area contributed by atoms with E-state index in [1.54, 1.807) is 20.0 Å². The SMILES string of the molecule is CCOc1cc(/C=N/NC(=S)NC)cc([N+](=O)[O-])c1OC. The Labute approximate surface area is 127 Å². The normalized spacial score (nSPS) is 10.2. The predicted octanol–water partition coefficient (Wildman–Crippen LogP) is 1.43. The lowest BCUT2D eigenvalue weighted by Crippen LogP contribution is -2.28. The number of nitrogens with one attached hydrogen (secondary N) is 2. The van der Waals surface area contributed by atoms with Gasteiger partial charge in [0.2, 0.25) is 5.75 Å². The Balaban J connectivity index is 3.15. The molecule has 0 radical (unpaired) electrons. The van der Waals surface area contributed by atoms with Crippen LogP contribution >= 0.6 is 12.2 Å². The Kier molecular flexibility index (Phi) is 6.34. The number of nitrogens with zero attached hydrogens (tertiary/aromatic N) is 2. The van der Waals surface area contributed by atoms with E-state index in [-0.39, 0.29) is 17.2 Å². The van der Waals surface area contributed by atoms with Gasteiger partial charge in [-0.05, 0) is 25.2 Å². The molecule has 1 aromatic carbocycles. The topological polar surface area (TPSA) is 98.0 Å². The largest absolute Gasteiger partial charge is 0.490 e. The molecule has 0 aliphatic heterocycles. The third kappa shape index (κ3) is 4.56. The second-order valence-corrected chi connectivity index (χ2v) is 4.12. The number of hydrogen-bond acceptors (Lipinski definition) is 6. The van der Waals surface area contributed by atoms with E-state index < -0.39 is 4.92 Å². The number of rotatable bonds is 6. The molecule has 8 nitrogen and oxygen atoms in total. The molecule has 114 valence electrons. The molecule has 0 aliphatic carbocycles. The molecule has 0 heterocycles. The van der Waals surface area contributed by atoms with Crippen molar-refractivity contribution in [1.82, 2.24) is 10.7 Å². The maximum Gasteiger partial charge on any atom is 0.315 e. The first-order chi connectivity index (χ1) is 10.0. The number of hydrogen-bond donors (Lipinski definition) is 2. The summed E-state index contributed by atoms with van der Waals surface area (Å²) >= 11 is 4.86. The van der Waals surface area contributed by atoms with Gasteiger partial charge in [0, 0.05) is 18.7 Å². The lowest BCUT2D eigenvalue weighted by atomic mass is 10.2. The minimum atomic E-state index is -0.537. The van der Waals surface area contributed by atoms with E-state index >= 15 is 0 Å². The highest BCUT2D eigenvalue weighted by atomic mass is 32.1. The lowest BCUT2D eigenvalue weighted by molar-refractivity contribution is -0.385. The molecule has 1 rings (SSSR count). The van der Waals surface area contributed by atoms with Crippen molar-refractivity contribution in [3.8, 4) is 11.5 Å². The van der Waals surface area contributed by atoms with Crippen molar-refractivity contribution < 1.29 is 14.4 Å². The Morgan fingerprint density at radius 2 is 2.29 bits per heavy atom. The molecule has 0 saturated carbocycles. The summed E-state index contributed by atoms with van der Waals surface area (Å²) in [6.45, 7) is 2.13. The zero-order chi connectivity index (χ0) is 15.8. The highest BCUT2D eigenvalue weighted by Crippen LogP contribution is 2.37. The van der Waals surface area contributed by atoms with Gasteiger partial charge in [0.25, 0.3) is 0 Å². The summed E-state index contributed by atoms with van der Waals surface area (Å²) < 4.78 is 10.4. The van der Waals surface area contributed by atoms with Crippen molar-refractivity contribution in [2.24, 2.45) is 5.10 Å². The maximum atomic E-state index is 11.1. The van der Waals surface area contributed by atoms with Crippen LogP contribution in [0, 0.1) is 10.1 Å². The van der Waals surface area contributed by atoms with Gasteiger partial charge in [-0.15, -0.1) is 0 Å². The molecule has 0 unspecified atom stereocenters. The van der Waals surface area contributed by atoms with Crippen LogP contribution in [0.2, 0.25) is 0 Å². The van der Waals surface area contributed by atoms with Crippen molar-refractivity contribution in [3.05, 3.63) is 27.8 Å². The number of hydrazone groups is 1. The molecular weight excluding hydrogens is 296 g/mol. The number of thiocarbonyl (C=S) groups is 1. The van der Waals surface area contributed by atoms with E-state index in [1.165, 1.54) is 19.4 Å². The van der Waals surface area contributed by atoms with Crippen molar-refractivity contribution in [2.75, 3.05) is 20.8 Å². The van der Waals surface area contributed by atoms with Crippen LogP contribution in [0.3, 0.4) is 0 Å². The summed E-state index contributed by atoms with van der Waals surface area (Å²) in [5.74, 6) is 0.365. The Morgan fingerprint density at radius 1 is 1.57 bits per heavy atom. The van der Waals surface area contributed by atoms with Crippen molar-refractivity contribution in [1.29, 1.82) is 0 Å². The smallest absolute Gasteiger partial charge is 0.315 e. The second-order valence-electron chi connectivity index (χ2n) is 3.71. The third-order valence-corrected chi connectivity index (χ3v) is 2.66. The van der Waals surface area contributed by atoms with Gasteiger partial charge >= 0.3 is 5.69 Å². The first-order valence-corrected chi connectivity index (χ1v) is 6.44. The van der Waals surface area contributed by atoms with Crippen LogP contribution in [0.5, 0.6) is 11.5 Å². The van der Waals surface area contributed by atoms with Crippen LogP contribution < -0.4 is 20.2 Å². The van der Waals surface area contributed by atoms with Crippen molar-refractivity contribution in [2.45, 2.75) is 6.92 Å². The molecule has 0 saturated heterocycles. The molecule has 0 aliphatic rings. The number of methoxy groups -OCH3 is 1. The van der Waals surface area contributed by atoms with Gasteiger partial charge in [-0.3, -0.25) is 15.5 Å². The van der Waals surface area contributed by atoms with Crippen LogP contribution in [0.1, 0.15) is 12.5 Å². The van der Waals surface area contributed by atoms with Gasteiger partial charge in [0.15, 0.2) is 10.9 Å². The van der Waals surface area contributed by atoms with Gasteiger partial charge in [-0.1, -0.05) is 0 Å². The monoisotopic (exact) mass is 312 g/mol. The summed E-state index contributed by atoms with van der Waals surface area (Å²) in [6, 6.07) is 2.94. The molecular formula is C12H16N4O4S. The Hall–Kier alpha value is -2.42. The summed E-state index contributed by atoms with van der Waals surface area (Å²) in [7, 11) is 3.00. The second kappa shape index (κ2) is 8.00. The third-order valence-electron chi connectivity index (χ3n) is 2.37. The fourth-order valence-corrected chi connectivity index (χ4v) is 1.56.